The fourth-order valence-electron chi connectivity index (χ4n) is 6.21. The summed E-state index contributed by atoms with van der Waals surface area (Å²) in [6.07, 6.45) is 0.757. The van der Waals surface area contributed by atoms with Crippen molar-refractivity contribution in [2.75, 3.05) is 41.5 Å². The van der Waals surface area contributed by atoms with Gasteiger partial charge >= 0.3 is 5.97 Å². The second-order valence-corrected chi connectivity index (χ2v) is 10.4. The molecule has 11 heteroatoms. The van der Waals surface area contributed by atoms with E-state index in [9.17, 15) is 19.5 Å². The lowest BCUT2D eigenvalue weighted by atomic mass is 9.83. The van der Waals surface area contributed by atoms with E-state index < -0.39 is 23.1 Å². The summed E-state index contributed by atoms with van der Waals surface area (Å²) in [5, 5.41) is 10.9. The average Bonchev–Trinajstić information content (AvgIpc) is 2.97. The summed E-state index contributed by atoms with van der Waals surface area (Å²) < 4.78 is 29.5. The molecule has 2 aromatic heterocycles. The zero-order valence-electron chi connectivity index (χ0n) is 23.5. The van der Waals surface area contributed by atoms with Gasteiger partial charge in [-0.1, -0.05) is 12.1 Å². The van der Waals surface area contributed by atoms with E-state index in [0.717, 1.165) is 18.7 Å². The molecular weight excluding hydrogens is 532 g/mol. The molecule has 5 rings (SSSR count). The van der Waals surface area contributed by atoms with Crippen LogP contribution in [0.25, 0.3) is 0 Å². The number of aromatic hydroxyl groups is 1. The van der Waals surface area contributed by atoms with Crippen molar-refractivity contribution in [2.24, 2.45) is 5.92 Å². The number of nitrogens with zero attached hydrogens (tertiary/aromatic N) is 2. The number of ether oxygens (including phenoxy) is 4. The van der Waals surface area contributed by atoms with Crippen LogP contribution in [0.2, 0.25) is 0 Å². The maximum Gasteiger partial charge on any atom is 0.306 e. The molecule has 0 unspecified atom stereocenters. The Morgan fingerprint density at radius 1 is 1.02 bits per heavy atom. The number of rotatable bonds is 9. The molecule has 3 atom stereocenters. The van der Waals surface area contributed by atoms with Crippen molar-refractivity contribution in [3.8, 4) is 23.0 Å². The van der Waals surface area contributed by atoms with Gasteiger partial charge in [0, 0.05) is 48.9 Å². The molecule has 218 valence electrons. The number of hydrogen-bond acceptors (Lipinski definition) is 10. The first-order valence-corrected chi connectivity index (χ1v) is 13.4. The Morgan fingerprint density at radius 2 is 1.80 bits per heavy atom. The smallest absolute Gasteiger partial charge is 0.306 e. The molecule has 0 aliphatic carbocycles. The van der Waals surface area contributed by atoms with Crippen LogP contribution < -0.4 is 25.2 Å². The number of likely N-dealkylation sites (tertiary alicyclic amines) is 1. The largest absolute Gasteiger partial charge is 0.502 e. The fraction of sp³-hybridized carbons (Fsp3) is 0.433. The molecule has 4 heterocycles. The molecule has 3 aromatic rings. The predicted molar refractivity (Wildman–Crippen MR) is 148 cm³/mol. The molecule has 41 heavy (non-hydrogen) atoms. The van der Waals surface area contributed by atoms with Crippen molar-refractivity contribution in [1.29, 1.82) is 0 Å². The molecule has 1 fully saturated rings. The number of carbonyl (C=O) groups excluding carboxylic acids is 1. The summed E-state index contributed by atoms with van der Waals surface area (Å²) in [7, 11) is 5.66. The minimum Gasteiger partial charge on any atom is -0.502 e. The Hall–Kier alpha value is -4.25. The number of aromatic nitrogens is 1. The van der Waals surface area contributed by atoms with Gasteiger partial charge in [0.15, 0.2) is 17.3 Å². The molecule has 0 spiro atoms. The van der Waals surface area contributed by atoms with Crippen LogP contribution in [0.5, 0.6) is 23.0 Å². The standard InChI is InChI=1S/C30H34N2O9/c1-37-24-9-8-20(29(39-3)30(24)40-4)21(12-26(35)38-2)28-27(36)23(33)11-19(41-28)16-31-13-17-10-18(15-31)22-6-5-7-25(34)32(22)14-17/h5-9,11,17-18,21,36H,10,12-16H2,1-4H3/t17-,18+,21-/m1/s1. The van der Waals surface area contributed by atoms with E-state index in [-0.39, 0.29) is 35.3 Å². The maximum absolute atomic E-state index is 13.0. The van der Waals surface area contributed by atoms with Gasteiger partial charge in [0.1, 0.15) is 5.76 Å². The van der Waals surface area contributed by atoms with E-state index in [4.69, 9.17) is 23.4 Å². The van der Waals surface area contributed by atoms with Gasteiger partial charge < -0.3 is 33.0 Å². The van der Waals surface area contributed by atoms with Crippen LogP contribution >= 0.6 is 0 Å². The third kappa shape index (κ3) is 5.41. The van der Waals surface area contributed by atoms with Crippen LogP contribution in [0.4, 0.5) is 0 Å². The van der Waals surface area contributed by atoms with Crippen molar-refractivity contribution in [3.63, 3.8) is 0 Å². The minimum absolute atomic E-state index is 0.0158. The number of benzene rings is 1. The number of piperidine rings is 1. The van der Waals surface area contributed by atoms with Gasteiger partial charge in [-0.2, -0.15) is 0 Å². The fourth-order valence-corrected chi connectivity index (χ4v) is 6.21. The zero-order chi connectivity index (χ0) is 29.3. The van der Waals surface area contributed by atoms with E-state index >= 15 is 0 Å². The molecule has 0 saturated carbocycles. The molecule has 2 aliphatic heterocycles. The van der Waals surface area contributed by atoms with Crippen molar-refractivity contribution in [1.82, 2.24) is 9.47 Å². The molecule has 0 amide bonds. The molecule has 2 aliphatic rings. The minimum atomic E-state index is -0.927. The van der Waals surface area contributed by atoms with Gasteiger partial charge in [0.2, 0.25) is 16.9 Å². The van der Waals surface area contributed by atoms with Crippen LogP contribution in [0.1, 0.15) is 47.5 Å². The summed E-state index contributed by atoms with van der Waals surface area (Å²) in [4.78, 5) is 40.1. The first kappa shape index (κ1) is 28.3. The molecule has 0 radical (unpaired) electrons. The van der Waals surface area contributed by atoms with E-state index in [1.165, 1.54) is 34.5 Å². The highest BCUT2D eigenvalue weighted by atomic mass is 16.5. The van der Waals surface area contributed by atoms with E-state index in [2.05, 4.69) is 4.90 Å². The van der Waals surface area contributed by atoms with Gasteiger partial charge in [-0.3, -0.25) is 19.3 Å². The predicted octanol–water partition coefficient (Wildman–Crippen LogP) is 2.85. The van der Waals surface area contributed by atoms with Crippen LogP contribution in [0.15, 0.2) is 50.4 Å². The Labute approximate surface area is 236 Å². The topological polar surface area (TPSA) is 130 Å². The van der Waals surface area contributed by atoms with E-state index in [0.29, 0.717) is 42.5 Å². The monoisotopic (exact) mass is 566 g/mol. The Kier molecular flexibility index (Phi) is 8.07. The average molecular weight is 567 g/mol. The molecule has 2 bridgehead atoms. The van der Waals surface area contributed by atoms with E-state index in [1.807, 2.05) is 10.6 Å². The van der Waals surface area contributed by atoms with Crippen molar-refractivity contribution in [3.05, 3.63) is 79.8 Å². The van der Waals surface area contributed by atoms with Crippen LogP contribution in [0, 0.1) is 5.92 Å². The Bertz CT molecular complexity index is 1560. The zero-order valence-corrected chi connectivity index (χ0v) is 23.5. The van der Waals surface area contributed by atoms with Crippen molar-refractivity contribution >= 4 is 5.97 Å². The third-order valence-electron chi connectivity index (χ3n) is 7.96. The lowest BCUT2D eigenvalue weighted by molar-refractivity contribution is -0.140. The first-order chi connectivity index (χ1) is 19.8. The van der Waals surface area contributed by atoms with Gasteiger partial charge in [0.25, 0.3) is 5.56 Å². The number of hydrogen-bond donors (Lipinski definition) is 1. The Balaban J connectivity index is 1.52. The summed E-state index contributed by atoms with van der Waals surface area (Å²) in [6, 6.07) is 9.98. The molecule has 11 nitrogen and oxygen atoms in total. The van der Waals surface area contributed by atoms with Crippen LogP contribution in [-0.4, -0.2) is 62.1 Å². The van der Waals surface area contributed by atoms with Gasteiger partial charge in [-0.25, -0.2) is 0 Å². The number of carbonyl (C=O) groups is 1. The SMILES string of the molecule is COC(=O)C[C@H](c1ccc(OC)c(OC)c1OC)c1oc(CN2C[C@H]3C[C@@H](C2)c2cccc(=O)n2C3)cc(=O)c1O. The normalized spacial score (nSPS) is 18.7. The van der Waals surface area contributed by atoms with Crippen molar-refractivity contribution < 1.29 is 33.3 Å². The first-order valence-electron chi connectivity index (χ1n) is 13.4. The Morgan fingerprint density at radius 3 is 2.51 bits per heavy atom. The second kappa shape index (κ2) is 11.7. The molecular formula is C30H34N2O9. The van der Waals surface area contributed by atoms with Gasteiger partial charge in [0.05, 0.1) is 47.3 Å². The highest BCUT2D eigenvalue weighted by Crippen LogP contribution is 2.46. The number of fused-ring (bicyclic) bond motifs is 4. The highest BCUT2D eigenvalue weighted by molar-refractivity contribution is 5.72. The third-order valence-corrected chi connectivity index (χ3v) is 7.96. The van der Waals surface area contributed by atoms with Crippen LogP contribution in [-0.2, 0) is 22.6 Å². The van der Waals surface area contributed by atoms with Crippen molar-refractivity contribution in [2.45, 2.75) is 37.8 Å². The number of esters is 1. The van der Waals surface area contributed by atoms with Crippen LogP contribution in [0.3, 0.4) is 0 Å². The van der Waals surface area contributed by atoms with Gasteiger partial charge in [-0.15, -0.1) is 0 Å². The molecule has 1 saturated heterocycles. The van der Waals surface area contributed by atoms with Gasteiger partial charge in [-0.05, 0) is 24.5 Å². The highest BCUT2D eigenvalue weighted by Gasteiger charge is 2.36. The summed E-state index contributed by atoms with van der Waals surface area (Å²) in [5.74, 6) is -0.380. The second-order valence-electron chi connectivity index (χ2n) is 10.4. The maximum atomic E-state index is 13.0. The van der Waals surface area contributed by atoms with E-state index in [1.54, 1.807) is 24.3 Å². The number of pyridine rings is 1. The lowest BCUT2D eigenvalue weighted by Crippen LogP contribution is -2.46. The summed E-state index contributed by atoms with van der Waals surface area (Å²) >= 11 is 0. The lowest BCUT2D eigenvalue weighted by Gasteiger charge is -2.42. The molecule has 1 N–H and O–H groups in total. The number of methoxy groups -OCH3 is 4. The summed E-state index contributed by atoms with van der Waals surface area (Å²) in [6.45, 7) is 2.38. The summed E-state index contributed by atoms with van der Waals surface area (Å²) in [5.41, 5.74) is 0.859. The quantitative estimate of drug-likeness (QED) is 0.386. The molecule has 1 aromatic carbocycles.